The van der Waals surface area contributed by atoms with Crippen molar-refractivity contribution in [2.75, 3.05) is 6.61 Å². The molecule has 84 valence electrons. The number of ether oxygens (including phenoxy) is 1. The predicted octanol–water partition coefficient (Wildman–Crippen LogP) is 2.03. The number of hydrogen-bond donors (Lipinski definition) is 1. The fraction of sp³-hybridized carbons (Fsp3) is 0.222. The van der Waals surface area contributed by atoms with Crippen LogP contribution in [0.3, 0.4) is 0 Å². The third-order valence-electron chi connectivity index (χ3n) is 2.23. The largest absolute Gasteiger partial charge is 0.447 e. The Labute approximate surface area is 95.3 Å². The molecule has 1 saturated heterocycles. The van der Waals surface area contributed by atoms with E-state index in [0.717, 1.165) is 0 Å². The summed E-state index contributed by atoms with van der Waals surface area (Å²) in [7, 11) is 0. The molecular formula is C9H7ClN2O4. The smallest absolute Gasteiger partial charge is 0.407 e. The van der Waals surface area contributed by atoms with Crippen LogP contribution in [0.15, 0.2) is 18.2 Å². The maximum Gasteiger partial charge on any atom is 0.407 e. The predicted molar refractivity (Wildman–Crippen MR) is 55.3 cm³/mol. The van der Waals surface area contributed by atoms with Crippen LogP contribution >= 0.6 is 11.6 Å². The molecule has 0 radical (unpaired) electrons. The molecule has 1 aromatic carbocycles. The van der Waals surface area contributed by atoms with Crippen LogP contribution in [0, 0.1) is 10.1 Å². The van der Waals surface area contributed by atoms with Crippen LogP contribution in [0.4, 0.5) is 10.5 Å². The van der Waals surface area contributed by atoms with Crippen LogP contribution in [-0.4, -0.2) is 17.6 Å². The third-order valence-corrected chi connectivity index (χ3v) is 2.47. The van der Waals surface area contributed by atoms with E-state index in [9.17, 15) is 14.9 Å². The topological polar surface area (TPSA) is 81.5 Å². The zero-order chi connectivity index (χ0) is 11.7. The Bertz CT molecular complexity index is 463. The van der Waals surface area contributed by atoms with E-state index in [1.165, 1.54) is 18.2 Å². The van der Waals surface area contributed by atoms with Crippen molar-refractivity contribution in [3.63, 3.8) is 0 Å². The van der Waals surface area contributed by atoms with Gasteiger partial charge in [0.2, 0.25) is 0 Å². The lowest BCUT2D eigenvalue weighted by molar-refractivity contribution is -0.385. The van der Waals surface area contributed by atoms with Crippen molar-refractivity contribution in [3.05, 3.63) is 38.9 Å². The molecule has 0 bridgehead atoms. The molecule has 6 nitrogen and oxygen atoms in total. The van der Waals surface area contributed by atoms with E-state index < -0.39 is 17.1 Å². The number of carbonyl (C=O) groups is 1. The molecule has 16 heavy (non-hydrogen) atoms. The lowest BCUT2D eigenvalue weighted by Gasteiger charge is -2.08. The summed E-state index contributed by atoms with van der Waals surface area (Å²) >= 11 is 5.76. The fourth-order valence-electron chi connectivity index (χ4n) is 1.52. The van der Waals surface area contributed by atoms with Crippen LogP contribution in [0.1, 0.15) is 11.6 Å². The SMILES string of the molecule is O=C1NC(c2cc(Cl)ccc2[N+](=O)[O-])CO1. The number of hydrogen-bond acceptors (Lipinski definition) is 4. The Morgan fingerprint density at radius 1 is 1.56 bits per heavy atom. The maximum atomic E-state index is 10.9. The average Bonchev–Trinajstić information content (AvgIpc) is 2.64. The number of halogens is 1. The molecule has 1 N–H and O–H groups in total. The molecule has 1 heterocycles. The van der Waals surface area contributed by atoms with Gasteiger partial charge in [-0.05, 0) is 12.1 Å². The second kappa shape index (κ2) is 3.97. The highest BCUT2D eigenvalue weighted by atomic mass is 35.5. The quantitative estimate of drug-likeness (QED) is 0.635. The van der Waals surface area contributed by atoms with Gasteiger partial charge in [0.1, 0.15) is 6.61 Å². The van der Waals surface area contributed by atoms with Crippen molar-refractivity contribution >= 4 is 23.4 Å². The molecule has 1 unspecified atom stereocenters. The van der Waals surface area contributed by atoms with Crippen molar-refractivity contribution in [1.82, 2.24) is 5.32 Å². The summed E-state index contributed by atoms with van der Waals surface area (Å²) in [5.74, 6) is 0. The zero-order valence-electron chi connectivity index (χ0n) is 7.97. The van der Waals surface area contributed by atoms with Gasteiger partial charge in [-0.15, -0.1) is 0 Å². The highest BCUT2D eigenvalue weighted by molar-refractivity contribution is 6.30. The van der Waals surface area contributed by atoms with Crippen LogP contribution in [-0.2, 0) is 4.74 Å². The summed E-state index contributed by atoms with van der Waals surface area (Å²) in [5.41, 5.74) is 0.267. The van der Waals surface area contributed by atoms with Crippen molar-refractivity contribution < 1.29 is 14.5 Å². The summed E-state index contributed by atoms with van der Waals surface area (Å²) in [5, 5.41) is 13.6. The molecule has 7 heteroatoms. The van der Waals surface area contributed by atoms with E-state index >= 15 is 0 Å². The van der Waals surface area contributed by atoms with Crippen LogP contribution in [0.25, 0.3) is 0 Å². The number of nitrogens with zero attached hydrogens (tertiary/aromatic N) is 1. The van der Waals surface area contributed by atoms with E-state index in [1.54, 1.807) is 0 Å². The number of nitro groups is 1. The number of carbonyl (C=O) groups excluding carboxylic acids is 1. The molecule has 0 saturated carbocycles. The molecule has 0 spiro atoms. The van der Waals surface area contributed by atoms with E-state index in [0.29, 0.717) is 10.6 Å². The van der Waals surface area contributed by atoms with Gasteiger partial charge in [0.25, 0.3) is 5.69 Å². The van der Waals surface area contributed by atoms with Gasteiger partial charge in [-0.2, -0.15) is 0 Å². The Morgan fingerprint density at radius 3 is 2.88 bits per heavy atom. The van der Waals surface area contributed by atoms with Gasteiger partial charge in [0.15, 0.2) is 0 Å². The minimum atomic E-state index is -0.584. The monoisotopic (exact) mass is 242 g/mol. The molecule has 1 fully saturated rings. The van der Waals surface area contributed by atoms with Gasteiger partial charge in [0.05, 0.1) is 16.5 Å². The number of alkyl carbamates (subject to hydrolysis) is 1. The standard InChI is InChI=1S/C9H7ClN2O4/c10-5-1-2-8(12(14)15)6(3-5)7-4-16-9(13)11-7/h1-3,7H,4H2,(H,11,13). The normalized spacial score (nSPS) is 19.1. The lowest BCUT2D eigenvalue weighted by Crippen LogP contribution is -2.19. The Hall–Kier alpha value is -1.82. The van der Waals surface area contributed by atoms with Crippen LogP contribution in [0.5, 0.6) is 0 Å². The highest BCUT2D eigenvalue weighted by Gasteiger charge is 2.29. The summed E-state index contributed by atoms with van der Waals surface area (Å²) < 4.78 is 4.68. The van der Waals surface area contributed by atoms with Crippen LogP contribution < -0.4 is 5.32 Å². The van der Waals surface area contributed by atoms with E-state index in [-0.39, 0.29) is 12.3 Å². The van der Waals surface area contributed by atoms with Crippen molar-refractivity contribution in [1.29, 1.82) is 0 Å². The number of cyclic esters (lactones) is 1. The molecule has 1 aromatic rings. The molecule has 0 aliphatic carbocycles. The highest BCUT2D eigenvalue weighted by Crippen LogP contribution is 2.30. The molecule has 2 rings (SSSR count). The number of rotatable bonds is 2. The molecule has 1 atom stereocenters. The molecular weight excluding hydrogens is 236 g/mol. The Kier molecular flexibility index (Phi) is 2.66. The number of amides is 1. The van der Waals surface area contributed by atoms with Crippen molar-refractivity contribution in [3.8, 4) is 0 Å². The number of benzene rings is 1. The van der Waals surface area contributed by atoms with E-state index in [4.69, 9.17) is 11.6 Å². The van der Waals surface area contributed by atoms with E-state index in [1.807, 2.05) is 0 Å². The average molecular weight is 243 g/mol. The molecule has 1 aliphatic rings. The first-order valence-corrected chi connectivity index (χ1v) is 4.83. The van der Waals surface area contributed by atoms with Gasteiger partial charge in [-0.25, -0.2) is 4.79 Å². The van der Waals surface area contributed by atoms with Crippen molar-refractivity contribution in [2.24, 2.45) is 0 Å². The molecule has 0 aromatic heterocycles. The van der Waals surface area contributed by atoms with Gasteiger partial charge in [-0.1, -0.05) is 11.6 Å². The third kappa shape index (κ3) is 1.92. The number of nitro benzene ring substituents is 1. The first-order valence-electron chi connectivity index (χ1n) is 4.45. The second-order valence-electron chi connectivity index (χ2n) is 3.26. The lowest BCUT2D eigenvalue weighted by atomic mass is 10.1. The minimum absolute atomic E-state index is 0.0695. The van der Waals surface area contributed by atoms with Gasteiger partial charge >= 0.3 is 6.09 Å². The van der Waals surface area contributed by atoms with E-state index in [2.05, 4.69) is 10.1 Å². The van der Waals surface area contributed by atoms with Crippen LogP contribution in [0.2, 0.25) is 5.02 Å². The van der Waals surface area contributed by atoms with Crippen molar-refractivity contribution in [2.45, 2.75) is 6.04 Å². The summed E-state index contributed by atoms with van der Waals surface area (Å²) in [4.78, 5) is 21.1. The fourth-order valence-corrected chi connectivity index (χ4v) is 1.70. The summed E-state index contributed by atoms with van der Waals surface area (Å²) in [6.45, 7) is 0.0695. The Morgan fingerprint density at radius 2 is 2.31 bits per heavy atom. The molecule has 1 aliphatic heterocycles. The minimum Gasteiger partial charge on any atom is -0.447 e. The first kappa shape index (κ1) is 10.7. The first-order chi connectivity index (χ1) is 7.58. The second-order valence-corrected chi connectivity index (χ2v) is 3.69. The Balaban J connectivity index is 2.41. The molecule has 1 amide bonds. The van der Waals surface area contributed by atoms with Gasteiger partial charge < -0.3 is 10.1 Å². The summed E-state index contributed by atoms with van der Waals surface area (Å²) in [6.07, 6.45) is -0.584. The number of nitrogens with one attached hydrogen (secondary N) is 1. The maximum absolute atomic E-state index is 10.9. The summed E-state index contributed by atoms with van der Waals surface area (Å²) in [6, 6.07) is 3.68. The van der Waals surface area contributed by atoms with Gasteiger partial charge in [-0.3, -0.25) is 10.1 Å². The zero-order valence-corrected chi connectivity index (χ0v) is 8.73. The van der Waals surface area contributed by atoms with Gasteiger partial charge in [0, 0.05) is 11.1 Å².